The molecule has 2 heteroatoms. The molecule has 0 amide bonds. The van der Waals surface area contributed by atoms with Crippen LogP contribution in [0, 0.1) is 0 Å². The Hall–Kier alpha value is -0.790. The van der Waals surface area contributed by atoms with E-state index in [0.29, 0.717) is 5.57 Å². The molecule has 0 aromatic carbocycles. The van der Waals surface area contributed by atoms with Gasteiger partial charge in [0.05, 0.1) is 6.10 Å². The van der Waals surface area contributed by atoms with Crippen LogP contribution in [0.25, 0.3) is 0 Å². The average molecular weight is 198 g/mol. The smallest absolute Gasteiger partial charge is 0.333 e. The van der Waals surface area contributed by atoms with Gasteiger partial charge in [0.15, 0.2) is 0 Å². The van der Waals surface area contributed by atoms with E-state index in [-0.39, 0.29) is 12.1 Å². The molecule has 0 aliphatic heterocycles. The summed E-state index contributed by atoms with van der Waals surface area (Å²) in [5, 5.41) is 0. The molecule has 0 spiro atoms. The lowest BCUT2D eigenvalue weighted by Crippen LogP contribution is -2.15. The van der Waals surface area contributed by atoms with Gasteiger partial charge in [-0.3, -0.25) is 0 Å². The molecule has 0 rings (SSSR count). The van der Waals surface area contributed by atoms with E-state index in [4.69, 9.17) is 4.74 Å². The highest BCUT2D eigenvalue weighted by molar-refractivity contribution is 5.87. The summed E-state index contributed by atoms with van der Waals surface area (Å²) in [6.45, 7) is 9.34. The van der Waals surface area contributed by atoms with Crippen molar-refractivity contribution >= 4 is 5.97 Å². The molecular weight excluding hydrogens is 176 g/mol. The van der Waals surface area contributed by atoms with Crippen LogP contribution < -0.4 is 0 Å². The van der Waals surface area contributed by atoms with Gasteiger partial charge in [-0.25, -0.2) is 4.79 Å². The monoisotopic (exact) mass is 198 g/mol. The predicted octanol–water partition coefficient (Wildman–Crippen LogP) is 3.46. The molecule has 0 radical (unpaired) electrons. The maximum atomic E-state index is 11.1. The van der Waals surface area contributed by atoms with Crippen molar-refractivity contribution in [1.29, 1.82) is 0 Å². The lowest BCUT2D eigenvalue weighted by molar-refractivity contribution is -0.143. The number of hydrogen-bond donors (Lipinski definition) is 0. The summed E-state index contributed by atoms with van der Waals surface area (Å²) >= 11 is 0. The highest BCUT2D eigenvalue weighted by atomic mass is 16.5. The molecule has 0 bridgehead atoms. The van der Waals surface area contributed by atoms with Crippen LogP contribution in [0.15, 0.2) is 12.2 Å². The number of unbranched alkanes of at least 4 members (excludes halogenated alkanes) is 3. The molecule has 0 unspecified atom stereocenters. The zero-order valence-electron chi connectivity index (χ0n) is 9.64. The van der Waals surface area contributed by atoms with Crippen LogP contribution in [-0.2, 0) is 9.53 Å². The van der Waals surface area contributed by atoms with E-state index in [1.807, 2.05) is 6.92 Å². The van der Waals surface area contributed by atoms with E-state index in [2.05, 4.69) is 13.5 Å². The molecule has 0 N–H and O–H groups in total. The summed E-state index contributed by atoms with van der Waals surface area (Å²) in [5.41, 5.74) is 0.477. The highest BCUT2D eigenvalue weighted by Gasteiger charge is 2.08. The van der Waals surface area contributed by atoms with Gasteiger partial charge in [-0.15, -0.1) is 0 Å². The van der Waals surface area contributed by atoms with E-state index in [1.165, 1.54) is 19.3 Å². The van der Waals surface area contributed by atoms with Crippen LogP contribution in [0.3, 0.4) is 0 Å². The van der Waals surface area contributed by atoms with Gasteiger partial charge in [0.2, 0.25) is 0 Å². The first-order valence-corrected chi connectivity index (χ1v) is 5.44. The lowest BCUT2D eigenvalue weighted by atomic mass is 10.1. The summed E-state index contributed by atoms with van der Waals surface area (Å²) in [6, 6.07) is 0. The maximum Gasteiger partial charge on any atom is 0.333 e. The minimum Gasteiger partial charge on any atom is -0.459 e. The number of esters is 1. The van der Waals surface area contributed by atoms with Crippen LogP contribution in [0.1, 0.15) is 52.9 Å². The third kappa shape index (κ3) is 6.70. The summed E-state index contributed by atoms with van der Waals surface area (Å²) in [6.07, 6.45) is 5.85. The average Bonchev–Trinajstić information content (AvgIpc) is 2.12. The second kappa shape index (κ2) is 7.60. The second-order valence-corrected chi connectivity index (χ2v) is 3.85. The summed E-state index contributed by atoms with van der Waals surface area (Å²) < 4.78 is 5.15. The molecule has 0 saturated carbocycles. The molecule has 0 aromatic heterocycles. The Morgan fingerprint density at radius 1 is 1.36 bits per heavy atom. The molecule has 0 heterocycles. The summed E-state index contributed by atoms with van der Waals surface area (Å²) in [5.74, 6) is -0.270. The van der Waals surface area contributed by atoms with Crippen LogP contribution in [0.2, 0.25) is 0 Å². The molecule has 1 atom stereocenters. The fourth-order valence-electron chi connectivity index (χ4n) is 1.20. The number of carbonyl (C=O) groups is 1. The predicted molar refractivity (Wildman–Crippen MR) is 59.1 cm³/mol. The van der Waals surface area contributed by atoms with E-state index in [0.717, 1.165) is 12.8 Å². The Kier molecular flexibility index (Phi) is 7.17. The van der Waals surface area contributed by atoms with Crippen molar-refractivity contribution in [2.75, 3.05) is 0 Å². The molecule has 0 aliphatic rings. The molecule has 0 saturated heterocycles. The van der Waals surface area contributed by atoms with Crippen molar-refractivity contribution in [1.82, 2.24) is 0 Å². The van der Waals surface area contributed by atoms with Crippen LogP contribution in [-0.4, -0.2) is 12.1 Å². The molecule has 0 aromatic rings. The van der Waals surface area contributed by atoms with Crippen molar-refractivity contribution < 1.29 is 9.53 Å². The third-order valence-electron chi connectivity index (χ3n) is 2.12. The highest BCUT2D eigenvalue weighted by Crippen LogP contribution is 2.09. The number of carbonyl (C=O) groups excluding carboxylic acids is 1. The van der Waals surface area contributed by atoms with Crippen molar-refractivity contribution in [3.8, 4) is 0 Å². The maximum absolute atomic E-state index is 11.1. The van der Waals surface area contributed by atoms with Gasteiger partial charge in [-0.2, -0.15) is 0 Å². The normalized spacial score (nSPS) is 12.2. The third-order valence-corrected chi connectivity index (χ3v) is 2.12. The Labute approximate surface area is 87.3 Å². The number of hydrogen-bond acceptors (Lipinski definition) is 2. The molecule has 0 fully saturated rings. The molecule has 82 valence electrons. The van der Waals surface area contributed by atoms with Crippen molar-refractivity contribution in [2.45, 2.75) is 59.0 Å². The van der Waals surface area contributed by atoms with Gasteiger partial charge in [-0.05, 0) is 26.7 Å². The molecular formula is C12H22O2. The van der Waals surface area contributed by atoms with Gasteiger partial charge in [-0.1, -0.05) is 32.8 Å². The Balaban J connectivity index is 3.50. The fraction of sp³-hybridized carbons (Fsp3) is 0.750. The Bertz CT molecular complexity index is 185. The van der Waals surface area contributed by atoms with E-state index in [9.17, 15) is 4.79 Å². The van der Waals surface area contributed by atoms with Crippen LogP contribution in [0.4, 0.5) is 0 Å². The first-order chi connectivity index (χ1) is 6.57. The SMILES string of the molecule is C=C(C)C(=O)O[C@@H](C)CCCCCC. The molecule has 14 heavy (non-hydrogen) atoms. The number of rotatable bonds is 7. The quantitative estimate of drug-likeness (QED) is 0.356. The molecule has 2 nitrogen and oxygen atoms in total. The minimum absolute atomic E-state index is 0.0241. The van der Waals surface area contributed by atoms with Gasteiger partial charge >= 0.3 is 5.97 Å². The lowest BCUT2D eigenvalue weighted by Gasteiger charge is -2.12. The van der Waals surface area contributed by atoms with E-state index < -0.39 is 0 Å². The van der Waals surface area contributed by atoms with Crippen molar-refractivity contribution in [3.05, 3.63) is 12.2 Å². The van der Waals surface area contributed by atoms with Crippen LogP contribution in [0.5, 0.6) is 0 Å². The standard InChI is InChI=1S/C12H22O2/c1-5-6-7-8-9-11(4)14-12(13)10(2)3/h11H,2,5-9H2,1,3-4H3/t11-/m0/s1. The Morgan fingerprint density at radius 3 is 2.50 bits per heavy atom. The first-order valence-electron chi connectivity index (χ1n) is 5.44. The van der Waals surface area contributed by atoms with E-state index in [1.54, 1.807) is 6.92 Å². The zero-order valence-corrected chi connectivity index (χ0v) is 9.64. The van der Waals surface area contributed by atoms with Gasteiger partial charge in [0.25, 0.3) is 0 Å². The van der Waals surface area contributed by atoms with Crippen molar-refractivity contribution in [2.24, 2.45) is 0 Å². The topological polar surface area (TPSA) is 26.3 Å². The number of ether oxygens (including phenoxy) is 1. The second-order valence-electron chi connectivity index (χ2n) is 3.85. The summed E-state index contributed by atoms with van der Waals surface area (Å²) in [4.78, 5) is 11.1. The molecule has 0 aliphatic carbocycles. The largest absolute Gasteiger partial charge is 0.459 e. The van der Waals surface area contributed by atoms with E-state index >= 15 is 0 Å². The zero-order chi connectivity index (χ0) is 11.0. The van der Waals surface area contributed by atoms with Gasteiger partial charge in [0, 0.05) is 5.57 Å². The summed E-state index contributed by atoms with van der Waals surface area (Å²) in [7, 11) is 0. The first kappa shape index (κ1) is 13.2. The Morgan fingerprint density at radius 2 is 2.00 bits per heavy atom. The van der Waals surface area contributed by atoms with Crippen LogP contribution >= 0.6 is 0 Å². The van der Waals surface area contributed by atoms with Crippen molar-refractivity contribution in [3.63, 3.8) is 0 Å². The fourth-order valence-corrected chi connectivity index (χ4v) is 1.20. The van der Waals surface area contributed by atoms with Gasteiger partial charge < -0.3 is 4.74 Å². The van der Waals surface area contributed by atoms with Gasteiger partial charge in [0.1, 0.15) is 0 Å². The minimum atomic E-state index is -0.270.